The molecule has 0 spiro atoms. The molecule has 6 nitrogen and oxygen atoms in total. The molecule has 0 aliphatic carbocycles. The molecule has 2 rings (SSSR count). The molecule has 0 aliphatic rings. The van der Waals surface area contributed by atoms with Crippen molar-refractivity contribution in [1.82, 2.24) is 9.78 Å². The number of rotatable bonds is 4. The summed E-state index contributed by atoms with van der Waals surface area (Å²) in [6.45, 7) is 2.98. The van der Waals surface area contributed by atoms with Gasteiger partial charge in [0.15, 0.2) is 6.61 Å². The zero-order valence-electron chi connectivity index (χ0n) is 13.1. The van der Waals surface area contributed by atoms with Crippen molar-refractivity contribution in [2.75, 3.05) is 11.9 Å². The van der Waals surface area contributed by atoms with E-state index in [4.69, 9.17) is 27.9 Å². The van der Waals surface area contributed by atoms with Gasteiger partial charge in [-0.05, 0) is 26.0 Å². The number of nitrogens with zero attached hydrogens (tertiary/aromatic N) is 2. The van der Waals surface area contributed by atoms with Crippen LogP contribution in [0, 0.1) is 19.7 Å². The molecule has 0 saturated carbocycles. The molecule has 24 heavy (non-hydrogen) atoms. The second-order valence-corrected chi connectivity index (χ2v) is 5.85. The zero-order valence-corrected chi connectivity index (χ0v) is 14.6. The van der Waals surface area contributed by atoms with Crippen LogP contribution in [0.4, 0.5) is 10.1 Å². The average Bonchev–Trinajstić information content (AvgIpc) is 2.75. The summed E-state index contributed by atoms with van der Waals surface area (Å²) in [7, 11) is 1.75. The van der Waals surface area contributed by atoms with E-state index in [0.717, 1.165) is 17.8 Å². The van der Waals surface area contributed by atoms with E-state index in [-0.39, 0.29) is 15.6 Å². The average molecular weight is 374 g/mol. The Labute approximate surface area is 147 Å². The number of hydrogen-bond donors (Lipinski definition) is 1. The van der Waals surface area contributed by atoms with Gasteiger partial charge in [-0.25, -0.2) is 9.18 Å². The molecule has 1 amide bonds. The second kappa shape index (κ2) is 7.19. The van der Waals surface area contributed by atoms with Gasteiger partial charge in [-0.2, -0.15) is 5.10 Å². The molecule has 0 atom stereocenters. The third kappa shape index (κ3) is 3.85. The van der Waals surface area contributed by atoms with Crippen LogP contribution in [0.15, 0.2) is 12.1 Å². The van der Waals surface area contributed by atoms with Crippen molar-refractivity contribution in [1.29, 1.82) is 0 Å². The van der Waals surface area contributed by atoms with Crippen molar-refractivity contribution in [3.63, 3.8) is 0 Å². The molecule has 2 aromatic rings. The fourth-order valence-electron chi connectivity index (χ4n) is 2.02. The van der Waals surface area contributed by atoms with Gasteiger partial charge in [-0.15, -0.1) is 0 Å². The standard InChI is InChI=1S/C15H14Cl2FN3O3/c1-7-14(8(2)21(3)20-7)19-13(22)6-24-15(23)9-4-12(18)11(17)5-10(9)16/h4-5H,6H2,1-3H3,(H,19,22). The monoisotopic (exact) mass is 373 g/mol. The predicted octanol–water partition coefficient (Wildman–Crippen LogP) is 3.28. The summed E-state index contributed by atoms with van der Waals surface area (Å²) < 4.78 is 19.9. The summed E-state index contributed by atoms with van der Waals surface area (Å²) in [6, 6.07) is 1.96. The van der Waals surface area contributed by atoms with Gasteiger partial charge < -0.3 is 10.1 Å². The van der Waals surface area contributed by atoms with E-state index in [1.807, 2.05) is 0 Å². The van der Waals surface area contributed by atoms with Gasteiger partial charge in [0.2, 0.25) is 0 Å². The molecule has 1 aromatic heterocycles. The highest BCUT2D eigenvalue weighted by Gasteiger charge is 2.18. The maximum atomic E-state index is 13.4. The largest absolute Gasteiger partial charge is 0.452 e. The van der Waals surface area contributed by atoms with Crippen LogP contribution in [0.1, 0.15) is 21.7 Å². The van der Waals surface area contributed by atoms with Crippen molar-refractivity contribution in [3.8, 4) is 0 Å². The number of esters is 1. The van der Waals surface area contributed by atoms with Crippen LogP contribution in [-0.2, 0) is 16.6 Å². The van der Waals surface area contributed by atoms with Crippen molar-refractivity contribution < 1.29 is 18.7 Å². The number of nitrogens with one attached hydrogen (secondary N) is 1. The van der Waals surface area contributed by atoms with Crippen LogP contribution in [0.2, 0.25) is 10.0 Å². The Balaban J connectivity index is 2.01. The number of amides is 1. The van der Waals surface area contributed by atoms with E-state index in [2.05, 4.69) is 10.4 Å². The first-order valence-electron chi connectivity index (χ1n) is 6.82. The summed E-state index contributed by atoms with van der Waals surface area (Å²) in [6.07, 6.45) is 0. The number of halogens is 3. The molecule has 0 saturated heterocycles. The molecule has 0 fully saturated rings. The van der Waals surface area contributed by atoms with Crippen LogP contribution < -0.4 is 5.32 Å². The Morgan fingerprint density at radius 3 is 2.54 bits per heavy atom. The SMILES string of the molecule is Cc1nn(C)c(C)c1NC(=O)COC(=O)c1cc(F)c(Cl)cc1Cl. The highest BCUT2D eigenvalue weighted by molar-refractivity contribution is 6.36. The van der Waals surface area contributed by atoms with E-state index in [9.17, 15) is 14.0 Å². The fraction of sp³-hybridized carbons (Fsp3) is 0.267. The summed E-state index contributed by atoms with van der Waals surface area (Å²) in [5, 5.41) is 6.50. The number of ether oxygens (including phenoxy) is 1. The summed E-state index contributed by atoms with van der Waals surface area (Å²) >= 11 is 11.4. The van der Waals surface area contributed by atoms with Gasteiger partial charge in [0, 0.05) is 7.05 Å². The highest BCUT2D eigenvalue weighted by Crippen LogP contribution is 2.25. The van der Waals surface area contributed by atoms with Gasteiger partial charge in [0.1, 0.15) is 5.82 Å². The van der Waals surface area contributed by atoms with E-state index < -0.39 is 24.3 Å². The molecule has 1 N–H and O–H groups in total. The van der Waals surface area contributed by atoms with Crippen molar-refractivity contribution in [3.05, 3.63) is 44.9 Å². The topological polar surface area (TPSA) is 73.2 Å². The van der Waals surface area contributed by atoms with Crippen molar-refractivity contribution >= 4 is 40.8 Å². The van der Waals surface area contributed by atoms with Crippen LogP contribution >= 0.6 is 23.2 Å². The summed E-state index contributed by atoms with van der Waals surface area (Å²) in [4.78, 5) is 23.8. The lowest BCUT2D eigenvalue weighted by atomic mass is 10.2. The zero-order chi connectivity index (χ0) is 18.0. The molecular formula is C15H14Cl2FN3O3. The number of anilines is 1. The number of carbonyl (C=O) groups excluding carboxylic acids is 2. The molecule has 1 heterocycles. The van der Waals surface area contributed by atoms with Crippen LogP contribution in [-0.4, -0.2) is 28.3 Å². The highest BCUT2D eigenvalue weighted by atomic mass is 35.5. The minimum absolute atomic E-state index is 0.0641. The Hall–Kier alpha value is -2.12. The third-order valence-corrected chi connectivity index (χ3v) is 3.94. The minimum atomic E-state index is -0.926. The smallest absolute Gasteiger partial charge is 0.340 e. The van der Waals surface area contributed by atoms with Crippen LogP contribution in [0.25, 0.3) is 0 Å². The number of benzene rings is 1. The van der Waals surface area contributed by atoms with E-state index in [1.165, 1.54) is 0 Å². The number of aromatic nitrogens is 2. The van der Waals surface area contributed by atoms with E-state index >= 15 is 0 Å². The third-order valence-electron chi connectivity index (χ3n) is 3.34. The summed E-state index contributed by atoms with van der Waals surface area (Å²) in [5.74, 6) is -2.28. The number of aryl methyl sites for hydroxylation is 2. The quantitative estimate of drug-likeness (QED) is 0.659. The van der Waals surface area contributed by atoms with Crippen molar-refractivity contribution in [2.24, 2.45) is 7.05 Å². The maximum absolute atomic E-state index is 13.4. The number of carbonyl (C=O) groups is 2. The minimum Gasteiger partial charge on any atom is -0.452 e. The lowest BCUT2D eigenvalue weighted by Gasteiger charge is -2.08. The van der Waals surface area contributed by atoms with E-state index in [1.54, 1.807) is 25.6 Å². The van der Waals surface area contributed by atoms with Gasteiger partial charge in [0.25, 0.3) is 5.91 Å². The first-order chi connectivity index (χ1) is 11.2. The van der Waals surface area contributed by atoms with Gasteiger partial charge in [0.05, 0.1) is 32.7 Å². The van der Waals surface area contributed by atoms with Gasteiger partial charge >= 0.3 is 5.97 Å². The first-order valence-corrected chi connectivity index (χ1v) is 7.58. The lowest BCUT2D eigenvalue weighted by molar-refractivity contribution is -0.119. The molecular weight excluding hydrogens is 360 g/mol. The number of hydrogen-bond acceptors (Lipinski definition) is 4. The van der Waals surface area contributed by atoms with Crippen LogP contribution in [0.5, 0.6) is 0 Å². The van der Waals surface area contributed by atoms with Crippen LogP contribution in [0.3, 0.4) is 0 Å². The van der Waals surface area contributed by atoms with Gasteiger partial charge in [-0.3, -0.25) is 9.48 Å². The molecule has 0 bridgehead atoms. The van der Waals surface area contributed by atoms with E-state index in [0.29, 0.717) is 11.4 Å². The van der Waals surface area contributed by atoms with Crippen molar-refractivity contribution in [2.45, 2.75) is 13.8 Å². The normalized spacial score (nSPS) is 10.6. The maximum Gasteiger partial charge on any atom is 0.340 e. The Bertz CT molecular complexity index is 821. The Morgan fingerprint density at radius 2 is 1.96 bits per heavy atom. The molecule has 0 radical (unpaired) electrons. The molecule has 0 aliphatic heterocycles. The fourth-order valence-corrected chi connectivity index (χ4v) is 2.48. The lowest BCUT2D eigenvalue weighted by Crippen LogP contribution is -2.21. The summed E-state index contributed by atoms with van der Waals surface area (Å²) in [5.41, 5.74) is 1.74. The molecule has 0 unspecified atom stereocenters. The molecule has 128 valence electrons. The first kappa shape index (κ1) is 18.2. The molecule has 9 heteroatoms. The molecule has 1 aromatic carbocycles. The predicted molar refractivity (Wildman–Crippen MR) is 88.0 cm³/mol. The van der Waals surface area contributed by atoms with Gasteiger partial charge in [-0.1, -0.05) is 23.2 Å². The second-order valence-electron chi connectivity index (χ2n) is 5.04. The Morgan fingerprint density at radius 1 is 1.29 bits per heavy atom. The Kier molecular flexibility index (Phi) is 5.46.